The van der Waals surface area contributed by atoms with Crippen LogP contribution < -0.4 is 20.1 Å². The normalized spacial score (nSPS) is 13.9. The number of carbonyl (C=O) groups excluding carboxylic acids is 2. The summed E-state index contributed by atoms with van der Waals surface area (Å²) < 4.78 is 39.5. The minimum atomic E-state index is -1.28. The Morgan fingerprint density at radius 1 is 0.868 bits per heavy atom. The van der Waals surface area contributed by atoms with E-state index < -0.39 is 28.9 Å². The van der Waals surface area contributed by atoms with E-state index in [0.717, 1.165) is 11.6 Å². The number of benzene rings is 3. The number of aryl methyl sites for hydroxylation is 1. The number of methoxy groups -OCH3 is 1. The van der Waals surface area contributed by atoms with Crippen LogP contribution in [0.15, 0.2) is 66.9 Å². The molecule has 9 heteroatoms. The zero-order chi connectivity index (χ0) is 26.9. The highest BCUT2D eigenvalue weighted by Gasteiger charge is 2.50. The van der Waals surface area contributed by atoms with Gasteiger partial charge in [-0.15, -0.1) is 0 Å². The fraction of sp³-hybridized carbons (Fsp3) is 0.207. The molecule has 3 aromatic carbocycles. The summed E-state index contributed by atoms with van der Waals surface area (Å²) in [5, 5.41) is 6.00. The summed E-state index contributed by atoms with van der Waals surface area (Å²) in [6.45, 7) is 1.90. The predicted molar refractivity (Wildman–Crippen MR) is 139 cm³/mol. The molecular formula is C29H25F2N3O4. The fourth-order valence-electron chi connectivity index (χ4n) is 4.46. The molecule has 7 nitrogen and oxygen atoms in total. The number of pyridine rings is 1. The fourth-order valence-corrected chi connectivity index (χ4v) is 4.46. The summed E-state index contributed by atoms with van der Waals surface area (Å²) in [4.78, 5) is 30.4. The van der Waals surface area contributed by atoms with Crippen molar-refractivity contribution in [1.82, 2.24) is 4.98 Å². The monoisotopic (exact) mass is 517 g/mol. The van der Waals surface area contributed by atoms with Gasteiger partial charge < -0.3 is 20.1 Å². The average molecular weight is 518 g/mol. The lowest BCUT2D eigenvalue weighted by molar-refractivity contribution is -0.142. The summed E-state index contributed by atoms with van der Waals surface area (Å²) in [6, 6.07) is 14.6. The highest BCUT2D eigenvalue weighted by Crippen LogP contribution is 2.43. The van der Waals surface area contributed by atoms with Crippen LogP contribution >= 0.6 is 0 Å². The lowest BCUT2D eigenvalue weighted by Gasteiger charge is -2.38. The van der Waals surface area contributed by atoms with Crippen molar-refractivity contribution in [2.45, 2.75) is 26.2 Å². The number of nitrogens with zero attached hydrogens (tertiary/aromatic N) is 1. The van der Waals surface area contributed by atoms with Crippen molar-refractivity contribution in [1.29, 1.82) is 0 Å². The van der Waals surface area contributed by atoms with Gasteiger partial charge in [-0.25, -0.2) is 8.78 Å². The Morgan fingerprint density at radius 3 is 2.18 bits per heavy atom. The molecule has 0 radical (unpaired) electrons. The van der Waals surface area contributed by atoms with Crippen molar-refractivity contribution in [3.05, 3.63) is 84.1 Å². The number of hydrogen-bond acceptors (Lipinski definition) is 5. The average Bonchev–Trinajstić information content (AvgIpc) is 2.86. The van der Waals surface area contributed by atoms with Gasteiger partial charge in [-0.05, 0) is 79.9 Å². The summed E-state index contributed by atoms with van der Waals surface area (Å²) in [5.41, 5.74) is 0.881. The summed E-state index contributed by atoms with van der Waals surface area (Å²) in [5.74, 6) is -1.12. The quantitative estimate of drug-likeness (QED) is 0.278. The number of halogens is 2. The molecule has 1 fully saturated rings. The molecule has 1 aliphatic rings. The van der Waals surface area contributed by atoms with Crippen LogP contribution in [0.4, 0.5) is 20.2 Å². The first kappa shape index (κ1) is 25.1. The number of hydrogen-bond donors (Lipinski definition) is 2. The second-order valence-electron chi connectivity index (χ2n) is 9.25. The molecule has 2 N–H and O–H groups in total. The van der Waals surface area contributed by atoms with Crippen molar-refractivity contribution in [3.63, 3.8) is 0 Å². The second-order valence-corrected chi connectivity index (χ2v) is 9.25. The Labute approximate surface area is 217 Å². The number of rotatable bonds is 7. The maximum Gasteiger partial charge on any atom is 0.240 e. The molecule has 0 unspecified atom stereocenters. The minimum absolute atomic E-state index is 0.0394. The zero-order valence-electron chi connectivity index (χ0n) is 20.8. The summed E-state index contributed by atoms with van der Waals surface area (Å²) in [7, 11) is 1.57. The Bertz CT molecular complexity index is 1540. The van der Waals surface area contributed by atoms with Gasteiger partial charge in [-0.1, -0.05) is 6.42 Å². The van der Waals surface area contributed by atoms with Crippen molar-refractivity contribution in [3.8, 4) is 17.2 Å². The van der Waals surface area contributed by atoms with Gasteiger partial charge in [0, 0.05) is 29.0 Å². The predicted octanol–water partition coefficient (Wildman–Crippen LogP) is 6.37. The van der Waals surface area contributed by atoms with E-state index in [1.165, 1.54) is 36.4 Å². The molecule has 194 valence electrons. The van der Waals surface area contributed by atoms with E-state index in [2.05, 4.69) is 15.6 Å². The number of anilines is 2. The maximum atomic E-state index is 15.0. The topological polar surface area (TPSA) is 89.5 Å². The van der Waals surface area contributed by atoms with Crippen LogP contribution in [-0.2, 0) is 9.59 Å². The Kier molecular flexibility index (Phi) is 6.67. The number of fused-ring (bicyclic) bond motifs is 1. The molecule has 2 amide bonds. The largest absolute Gasteiger partial charge is 0.496 e. The molecule has 0 spiro atoms. The van der Waals surface area contributed by atoms with Gasteiger partial charge in [0.15, 0.2) is 11.6 Å². The summed E-state index contributed by atoms with van der Waals surface area (Å²) >= 11 is 0. The first-order valence-corrected chi connectivity index (χ1v) is 12.1. The molecule has 5 rings (SSSR count). The summed E-state index contributed by atoms with van der Waals surface area (Å²) in [6.07, 6.45) is 2.99. The van der Waals surface area contributed by atoms with Crippen LogP contribution in [0, 0.1) is 24.0 Å². The second kappa shape index (κ2) is 10.1. The van der Waals surface area contributed by atoms with Crippen molar-refractivity contribution in [2.24, 2.45) is 5.41 Å². The molecule has 1 saturated carbocycles. The molecule has 1 aliphatic carbocycles. The first-order chi connectivity index (χ1) is 18.3. The van der Waals surface area contributed by atoms with Gasteiger partial charge >= 0.3 is 0 Å². The number of aromatic nitrogens is 1. The van der Waals surface area contributed by atoms with Gasteiger partial charge in [-0.2, -0.15) is 0 Å². The zero-order valence-corrected chi connectivity index (χ0v) is 20.8. The van der Waals surface area contributed by atoms with E-state index in [1.54, 1.807) is 25.4 Å². The van der Waals surface area contributed by atoms with Crippen LogP contribution in [0.25, 0.3) is 10.9 Å². The van der Waals surface area contributed by atoms with Gasteiger partial charge in [-0.3, -0.25) is 14.6 Å². The van der Waals surface area contributed by atoms with Gasteiger partial charge in [0.2, 0.25) is 11.8 Å². The number of amides is 2. The molecule has 0 saturated heterocycles. The maximum absolute atomic E-state index is 15.0. The third-order valence-electron chi connectivity index (χ3n) is 6.81. The van der Waals surface area contributed by atoms with Crippen LogP contribution in [0.2, 0.25) is 0 Å². The van der Waals surface area contributed by atoms with Crippen LogP contribution in [0.1, 0.15) is 24.8 Å². The van der Waals surface area contributed by atoms with E-state index in [0.29, 0.717) is 47.4 Å². The van der Waals surface area contributed by atoms with Gasteiger partial charge in [0.25, 0.3) is 0 Å². The molecular weight excluding hydrogens is 492 g/mol. The van der Waals surface area contributed by atoms with Crippen molar-refractivity contribution >= 4 is 34.1 Å². The smallest absolute Gasteiger partial charge is 0.240 e. The Morgan fingerprint density at radius 2 is 1.55 bits per heavy atom. The van der Waals surface area contributed by atoms with Crippen molar-refractivity contribution in [2.75, 3.05) is 17.7 Å². The van der Waals surface area contributed by atoms with E-state index in [-0.39, 0.29) is 11.4 Å². The molecule has 1 aromatic heterocycles. The van der Waals surface area contributed by atoms with E-state index in [4.69, 9.17) is 9.47 Å². The molecule has 38 heavy (non-hydrogen) atoms. The molecule has 4 aromatic rings. The third-order valence-corrected chi connectivity index (χ3v) is 6.81. The van der Waals surface area contributed by atoms with Crippen LogP contribution in [-0.4, -0.2) is 23.9 Å². The van der Waals surface area contributed by atoms with E-state index in [9.17, 15) is 14.0 Å². The lowest BCUT2D eigenvalue weighted by atomic mass is 9.67. The minimum Gasteiger partial charge on any atom is -0.496 e. The highest BCUT2D eigenvalue weighted by molar-refractivity contribution is 6.15. The lowest BCUT2D eigenvalue weighted by Crippen LogP contribution is -2.50. The van der Waals surface area contributed by atoms with E-state index >= 15 is 4.39 Å². The molecule has 1 heterocycles. The van der Waals surface area contributed by atoms with Crippen molar-refractivity contribution < 1.29 is 27.8 Å². The highest BCUT2D eigenvalue weighted by atomic mass is 19.1. The SMILES string of the molecule is COc1cc2c(Oc3ccc(NC(=O)C4(C(=O)Nc5ccc(F)cc5)CCC4)cc3F)ccnc2cc1C. The first-order valence-electron chi connectivity index (χ1n) is 12.1. The van der Waals surface area contributed by atoms with Gasteiger partial charge in [0.1, 0.15) is 22.7 Å². The third kappa shape index (κ3) is 4.74. The number of carbonyl (C=O) groups is 2. The van der Waals surface area contributed by atoms with Gasteiger partial charge in [0.05, 0.1) is 12.6 Å². The van der Waals surface area contributed by atoms with Crippen LogP contribution in [0.3, 0.4) is 0 Å². The Hall–Kier alpha value is -4.53. The number of nitrogens with one attached hydrogen (secondary N) is 2. The molecule has 0 aliphatic heterocycles. The number of ether oxygens (including phenoxy) is 2. The Balaban J connectivity index is 1.32. The molecule has 0 bridgehead atoms. The standard InChI is InChI=1S/C29H25F2N3O4/c1-17-14-23-21(16-26(17)37-2)24(10-13-32-23)38-25-9-8-20(15-22(25)31)34-28(36)29(11-3-12-29)27(35)33-19-6-4-18(30)5-7-19/h4-10,13-16H,3,11-12H2,1-2H3,(H,33,35)(H,34,36). The van der Waals surface area contributed by atoms with E-state index in [1.807, 2.05) is 13.0 Å². The van der Waals surface area contributed by atoms with Crippen LogP contribution in [0.5, 0.6) is 17.2 Å². The molecule has 0 atom stereocenters.